The Hall–Kier alpha value is -5.43. The van der Waals surface area contributed by atoms with Crippen LogP contribution in [0.15, 0.2) is 103 Å². The average Bonchev–Trinajstić information content (AvgIpc) is 3.44. The van der Waals surface area contributed by atoms with Crippen LogP contribution in [-0.2, 0) is 0 Å². The number of phenolic OH excluding ortho intramolecular Hbond substituents is 1. The Morgan fingerprint density at radius 3 is 2.38 bits per heavy atom. The van der Waals surface area contributed by atoms with Gasteiger partial charge < -0.3 is 14.6 Å². The van der Waals surface area contributed by atoms with Gasteiger partial charge in [-0.25, -0.2) is 14.5 Å². The zero-order chi connectivity index (χ0) is 26.8. The topological polar surface area (TPSA) is 81.8 Å². The molecule has 1 atom stereocenters. The minimum Gasteiger partial charge on any atom is -0.507 e. The second kappa shape index (κ2) is 8.54. The second-order valence-electron chi connectivity index (χ2n) is 9.89. The molecule has 0 spiro atoms. The van der Waals surface area contributed by atoms with Crippen molar-refractivity contribution in [2.24, 2.45) is 0 Å². The zero-order valence-electron chi connectivity index (χ0n) is 21.4. The van der Waals surface area contributed by atoms with E-state index in [1.54, 1.807) is 24.0 Å². The van der Waals surface area contributed by atoms with E-state index in [0.717, 1.165) is 49.7 Å². The lowest BCUT2D eigenvalue weighted by Crippen LogP contribution is -2.15. The number of benzene rings is 5. The average molecular weight is 523 g/mol. The van der Waals surface area contributed by atoms with Gasteiger partial charge in [-0.3, -0.25) is 0 Å². The molecule has 3 heterocycles. The minimum absolute atomic E-state index is 0.121. The van der Waals surface area contributed by atoms with Crippen molar-refractivity contribution in [3.8, 4) is 34.5 Å². The molecule has 40 heavy (non-hydrogen) atoms. The summed E-state index contributed by atoms with van der Waals surface area (Å²) in [5, 5.41) is 19.8. The van der Waals surface area contributed by atoms with E-state index in [4.69, 9.17) is 19.6 Å². The smallest absolute Gasteiger partial charge is 0.228 e. The SMILES string of the molecule is COc1ccc([C@H]2c3c(ccc4ccccc34)Oc3ncn4nc(-c5cc6ccccc6cc5O)nc4c32)cc1. The van der Waals surface area contributed by atoms with Gasteiger partial charge in [0.2, 0.25) is 5.88 Å². The third-order valence-corrected chi connectivity index (χ3v) is 7.66. The van der Waals surface area contributed by atoms with Crippen LogP contribution in [-0.4, -0.2) is 31.8 Å². The molecular weight excluding hydrogens is 500 g/mol. The number of fused-ring (bicyclic) bond motifs is 7. The van der Waals surface area contributed by atoms with Crippen LogP contribution in [0.5, 0.6) is 23.1 Å². The standard InChI is InChI=1S/C33H22N4O3/c1-39-23-13-10-20(11-14-23)28-29-24-9-5-4-6-19(24)12-15-27(29)40-33-30(28)32-35-31(36-37(32)18-34-33)25-16-21-7-2-3-8-22(21)17-26(25)38/h2-18,28,38H,1H3/t28-/m0/s1. The molecule has 1 aliphatic heterocycles. The van der Waals surface area contributed by atoms with Crippen LogP contribution in [0.25, 0.3) is 38.6 Å². The van der Waals surface area contributed by atoms with Gasteiger partial charge in [0.05, 0.1) is 18.2 Å². The van der Waals surface area contributed by atoms with Gasteiger partial charge in [0.1, 0.15) is 23.6 Å². The molecule has 0 fully saturated rings. The molecule has 0 radical (unpaired) electrons. The monoisotopic (exact) mass is 522 g/mol. The lowest BCUT2D eigenvalue weighted by Gasteiger charge is -2.29. The molecule has 0 aliphatic carbocycles. The van der Waals surface area contributed by atoms with Crippen molar-refractivity contribution in [3.05, 3.63) is 120 Å². The van der Waals surface area contributed by atoms with Crippen molar-refractivity contribution >= 4 is 27.2 Å². The van der Waals surface area contributed by atoms with Crippen LogP contribution in [0.1, 0.15) is 22.6 Å². The summed E-state index contributed by atoms with van der Waals surface area (Å²) < 4.78 is 13.5. The van der Waals surface area contributed by atoms with Crippen molar-refractivity contribution in [1.82, 2.24) is 19.6 Å². The van der Waals surface area contributed by atoms with E-state index in [-0.39, 0.29) is 11.7 Å². The summed E-state index contributed by atoms with van der Waals surface area (Å²) in [6, 6.07) is 32.0. The molecule has 1 aliphatic rings. The van der Waals surface area contributed by atoms with Crippen molar-refractivity contribution in [1.29, 1.82) is 0 Å². The molecule has 2 aromatic heterocycles. The van der Waals surface area contributed by atoms with Gasteiger partial charge in [0.15, 0.2) is 11.5 Å². The number of phenols is 1. The summed E-state index contributed by atoms with van der Waals surface area (Å²) >= 11 is 0. The fourth-order valence-corrected chi connectivity index (χ4v) is 5.76. The van der Waals surface area contributed by atoms with Gasteiger partial charge in [0.25, 0.3) is 0 Å². The molecule has 7 heteroatoms. The molecule has 0 saturated carbocycles. The Bertz CT molecular complexity index is 2100. The van der Waals surface area contributed by atoms with Crippen LogP contribution in [0, 0.1) is 0 Å². The van der Waals surface area contributed by atoms with Crippen LogP contribution in [0.3, 0.4) is 0 Å². The van der Waals surface area contributed by atoms with E-state index in [0.29, 0.717) is 22.9 Å². The third-order valence-electron chi connectivity index (χ3n) is 7.66. The summed E-state index contributed by atoms with van der Waals surface area (Å²) in [5.74, 6) is 2.33. The fourth-order valence-electron chi connectivity index (χ4n) is 5.76. The summed E-state index contributed by atoms with van der Waals surface area (Å²) in [7, 11) is 1.66. The lowest BCUT2D eigenvalue weighted by atomic mass is 9.81. The minimum atomic E-state index is -0.228. The van der Waals surface area contributed by atoms with Crippen molar-refractivity contribution in [2.75, 3.05) is 7.11 Å². The normalized spacial score (nSPS) is 14.2. The highest BCUT2D eigenvalue weighted by molar-refractivity contribution is 5.92. The van der Waals surface area contributed by atoms with Crippen LogP contribution in [0.2, 0.25) is 0 Å². The first-order valence-electron chi connectivity index (χ1n) is 13.0. The summed E-state index contributed by atoms with van der Waals surface area (Å²) in [6.07, 6.45) is 1.61. The largest absolute Gasteiger partial charge is 0.507 e. The first-order valence-corrected chi connectivity index (χ1v) is 13.0. The number of ether oxygens (including phenoxy) is 2. The Labute approximate surface area is 228 Å². The highest BCUT2D eigenvalue weighted by atomic mass is 16.5. The number of aromatic nitrogens is 4. The number of hydrogen-bond acceptors (Lipinski definition) is 6. The molecule has 0 bridgehead atoms. The Kier molecular flexibility index (Phi) is 4.81. The number of aromatic hydroxyl groups is 1. The maximum atomic E-state index is 10.9. The number of methoxy groups -OCH3 is 1. The van der Waals surface area contributed by atoms with Gasteiger partial charge >= 0.3 is 0 Å². The van der Waals surface area contributed by atoms with Gasteiger partial charge in [0, 0.05) is 11.5 Å². The Morgan fingerprint density at radius 1 is 0.825 bits per heavy atom. The fraction of sp³-hybridized carbons (Fsp3) is 0.0606. The van der Waals surface area contributed by atoms with E-state index in [1.807, 2.05) is 60.7 Å². The van der Waals surface area contributed by atoms with Crippen molar-refractivity contribution in [3.63, 3.8) is 0 Å². The predicted molar refractivity (Wildman–Crippen MR) is 153 cm³/mol. The first-order chi connectivity index (χ1) is 19.7. The van der Waals surface area contributed by atoms with E-state index >= 15 is 0 Å². The highest BCUT2D eigenvalue weighted by Gasteiger charge is 2.35. The molecule has 8 rings (SSSR count). The molecule has 0 saturated heterocycles. The van der Waals surface area contributed by atoms with Crippen molar-refractivity contribution < 1.29 is 14.6 Å². The lowest BCUT2D eigenvalue weighted by molar-refractivity contribution is 0.414. The third kappa shape index (κ3) is 3.34. The molecule has 0 unspecified atom stereocenters. The molecule has 7 aromatic rings. The Balaban J connectivity index is 1.40. The van der Waals surface area contributed by atoms with Crippen molar-refractivity contribution in [2.45, 2.75) is 5.92 Å². The van der Waals surface area contributed by atoms with Crippen LogP contribution >= 0.6 is 0 Å². The second-order valence-corrected chi connectivity index (χ2v) is 9.89. The quantitative estimate of drug-likeness (QED) is 0.267. The maximum Gasteiger partial charge on any atom is 0.228 e. The Morgan fingerprint density at radius 2 is 1.57 bits per heavy atom. The number of rotatable bonds is 3. The van der Waals surface area contributed by atoms with Gasteiger partial charge in [-0.2, -0.15) is 0 Å². The van der Waals surface area contributed by atoms with Gasteiger partial charge in [-0.15, -0.1) is 5.10 Å². The molecule has 5 aromatic carbocycles. The van der Waals surface area contributed by atoms with Crippen LogP contribution in [0.4, 0.5) is 0 Å². The van der Waals surface area contributed by atoms with Crippen LogP contribution < -0.4 is 9.47 Å². The van der Waals surface area contributed by atoms with E-state index in [9.17, 15) is 5.11 Å². The van der Waals surface area contributed by atoms with Gasteiger partial charge in [-0.05, 0) is 57.4 Å². The van der Waals surface area contributed by atoms with E-state index < -0.39 is 0 Å². The highest BCUT2D eigenvalue weighted by Crippen LogP contribution is 2.50. The summed E-state index contributed by atoms with van der Waals surface area (Å²) in [6.45, 7) is 0. The maximum absolute atomic E-state index is 10.9. The number of hydrogen-bond donors (Lipinski definition) is 1. The molecule has 192 valence electrons. The molecule has 1 N–H and O–H groups in total. The summed E-state index contributed by atoms with van der Waals surface area (Å²) in [4.78, 5) is 9.64. The zero-order valence-corrected chi connectivity index (χ0v) is 21.4. The van der Waals surface area contributed by atoms with Gasteiger partial charge in [-0.1, -0.05) is 66.7 Å². The molecular formula is C33H22N4O3. The van der Waals surface area contributed by atoms with E-state index in [1.165, 1.54) is 0 Å². The van der Waals surface area contributed by atoms with E-state index in [2.05, 4.69) is 35.3 Å². The first kappa shape index (κ1) is 22.5. The predicted octanol–water partition coefficient (Wildman–Crippen LogP) is 7.10. The molecule has 0 amide bonds. The number of nitrogens with zero attached hydrogens (tertiary/aromatic N) is 4. The molecule has 7 nitrogen and oxygen atoms in total. The summed E-state index contributed by atoms with van der Waals surface area (Å²) in [5.41, 5.74) is 4.09.